The fraction of sp³-hybridized carbons (Fsp3) is 0.684. The Balaban J connectivity index is 2.40. The Morgan fingerprint density at radius 2 is 1.07 bits per heavy atom. The van der Waals surface area contributed by atoms with Gasteiger partial charge in [-0.05, 0) is 82.4 Å². The Labute approximate surface area is 497 Å². The van der Waals surface area contributed by atoms with Gasteiger partial charge in [0.2, 0.25) is 65.0 Å². The van der Waals surface area contributed by atoms with Crippen LogP contribution in [0.2, 0.25) is 0 Å². The quantitative estimate of drug-likeness (QED) is 0.0308. The molecule has 478 valence electrons. The van der Waals surface area contributed by atoms with E-state index in [0.717, 1.165) is 5.56 Å². The molecule has 1 aliphatic rings. The number of likely N-dealkylation sites (N-methyl/N-ethyl adjacent to an activating group) is 1. The molecule has 1 heterocycles. The van der Waals surface area contributed by atoms with E-state index in [1.165, 1.54) is 13.8 Å². The van der Waals surface area contributed by atoms with Gasteiger partial charge < -0.3 is 84.9 Å². The molecule has 28 nitrogen and oxygen atoms in total. The Kier molecular flexibility index (Phi) is 32.3. The summed E-state index contributed by atoms with van der Waals surface area (Å²) in [6.45, 7) is 14.4. The predicted octanol–water partition coefficient (Wildman–Crippen LogP) is -3.20. The number of aliphatic hydroxyl groups is 2. The number of benzene rings is 1. The first-order valence-electron chi connectivity index (χ1n) is 29.3. The van der Waals surface area contributed by atoms with Crippen LogP contribution in [-0.4, -0.2) is 181 Å². The maximum atomic E-state index is 14.4. The van der Waals surface area contributed by atoms with Gasteiger partial charge in [-0.3, -0.25) is 52.7 Å². The fourth-order valence-electron chi connectivity index (χ4n) is 8.92. The Morgan fingerprint density at radius 1 is 0.600 bits per heavy atom. The number of carbonyl (C=O) groups is 12. The molecular weight excluding hydrogens is 1110 g/mol. The van der Waals surface area contributed by atoms with Gasteiger partial charge in [0.15, 0.2) is 0 Å². The molecule has 11 amide bonds. The van der Waals surface area contributed by atoms with Crippen LogP contribution in [0.3, 0.4) is 0 Å². The second-order valence-corrected chi connectivity index (χ2v) is 21.9. The normalized spacial score (nSPS) is 21.5. The molecule has 0 radical (unpaired) electrons. The molecule has 0 saturated carbocycles. The summed E-state index contributed by atoms with van der Waals surface area (Å²) >= 11 is 0. The summed E-state index contributed by atoms with van der Waals surface area (Å²) in [6.07, 6.45) is -0.240. The standard InChI is InChI=1S/C57H95N13O15/c1-12-29(5)42(67-50(77)38(60-11)26-35-20-17-16-18-21-35)53(80)64-39(27-71)51(78)63-37(23-24-41(59)73)49(76)66-44(31(7)14-3)55(82)68-43(30(6)13-2)54(81)65-40(28-72)52(79)70-46-34(10)85-57(84)45(32(8)15-4)69-48(75)36(22-19-25-58)62-47(74)33(9)61-56(46)83/h16-18,20-21,29-34,36-40,42-46,60,71-72H,12-15,19,22-28,58H2,1-11H3,(H2,59,73)(H,61,83)(H,62,74)(H,63,78)(H,64,80)(H,65,81)(H,66,76)(H,67,77)(H,68,82)(H,69,75)(H,70,79)/t29-,30-,31+,32-,33-,34-,36-,37+,38-,39-,40-,42-,43-,44+,45-,46+/m0/s1. The molecule has 1 aromatic rings. The number of carbonyl (C=O) groups excluding carboxylic acids is 12. The zero-order valence-electron chi connectivity index (χ0n) is 51.0. The van der Waals surface area contributed by atoms with E-state index in [2.05, 4.69) is 58.5 Å². The smallest absolute Gasteiger partial charge is 0.329 e. The largest absolute Gasteiger partial charge is 0.458 e. The Bertz CT molecular complexity index is 2420. The van der Waals surface area contributed by atoms with E-state index in [1.54, 1.807) is 62.4 Å². The van der Waals surface area contributed by atoms with E-state index < -0.39 is 193 Å². The average Bonchev–Trinajstić information content (AvgIpc) is 3.68. The minimum Gasteiger partial charge on any atom is -0.458 e. The van der Waals surface area contributed by atoms with E-state index in [0.29, 0.717) is 25.7 Å². The molecule has 0 unspecified atom stereocenters. The van der Waals surface area contributed by atoms with Crippen molar-refractivity contribution in [2.45, 2.75) is 200 Å². The molecule has 1 fully saturated rings. The van der Waals surface area contributed by atoms with E-state index in [9.17, 15) is 67.7 Å². The summed E-state index contributed by atoms with van der Waals surface area (Å²) in [4.78, 5) is 165. The molecule has 16 atom stereocenters. The highest BCUT2D eigenvalue weighted by atomic mass is 16.5. The van der Waals surface area contributed by atoms with Crippen LogP contribution in [0.25, 0.3) is 0 Å². The number of esters is 1. The fourth-order valence-corrected chi connectivity index (χ4v) is 8.92. The highest BCUT2D eigenvalue weighted by molar-refractivity contribution is 5.99. The van der Waals surface area contributed by atoms with E-state index in [4.69, 9.17) is 16.2 Å². The summed E-state index contributed by atoms with van der Waals surface area (Å²) in [7, 11) is 1.60. The molecule has 0 spiro atoms. The van der Waals surface area contributed by atoms with Crippen molar-refractivity contribution in [2.24, 2.45) is 35.1 Å². The molecule has 0 aliphatic carbocycles. The number of hydrogen-bond acceptors (Lipinski definition) is 17. The summed E-state index contributed by atoms with van der Waals surface area (Å²) < 4.78 is 5.69. The summed E-state index contributed by atoms with van der Waals surface area (Å²) in [5.41, 5.74) is 12.0. The lowest BCUT2D eigenvalue weighted by atomic mass is 9.94. The number of rotatable bonds is 33. The van der Waals surface area contributed by atoms with Crippen LogP contribution in [-0.2, 0) is 68.7 Å². The molecule has 1 aliphatic heterocycles. The van der Waals surface area contributed by atoms with Gasteiger partial charge in [-0.1, -0.05) is 111 Å². The number of hydrogen-bond donors (Lipinski definition) is 15. The van der Waals surface area contributed by atoms with Gasteiger partial charge in [0, 0.05) is 6.42 Å². The zero-order chi connectivity index (χ0) is 64.2. The van der Waals surface area contributed by atoms with Crippen molar-refractivity contribution >= 4 is 70.9 Å². The predicted molar refractivity (Wildman–Crippen MR) is 312 cm³/mol. The van der Waals surface area contributed by atoms with E-state index in [1.807, 2.05) is 30.3 Å². The minimum absolute atomic E-state index is 0.107. The maximum Gasteiger partial charge on any atom is 0.329 e. The SMILES string of the molecule is CC[C@@H](C)[C@@H](NC(=O)[C@@H](CCC(N)=O)NC(=O)[C@H](CO)NC(=O)[C@@H](NC(=O)[C@H](Cc1ccccc1)NC)[C@@H](C)CC)C(=O)N[C@H](C(=O)N[C@@H](CO)C(=O)N[C@H]1C(=O)N[C@@H](C)C(=O)N[C@@H](CCCN)C(=O)N[C@@H]([C@@H](C)CC)C(=O)O[C@H]1C)[C@@H](C)CC. The zero-order valence-corrected chi connectivity index (χ0v) is 51.0. The number of primary amides is 1. The lowest BCUT2D eigenvalue weighted by Gasteiger charge is -2.31. The monoisotopic (exact) mass is 1200 g/mol. The number of nitrogens with one attached hydrogen (secondary N) is 11. The molecular formula is C57H95N13O15. The molecule has 17 N–H and O–H groups in total. The number of aliphatic hydroxyl groups excluding tert-OH is 2. The highest BCUT2D eigenvalue weighted by Crippen LogP contribution is 2.17. The lowest BCUT2D eigenvalue weighted by Crippen LogP contribution is -2.63. The molecule has 0 bridgehead atoms. The van der Waals surface area contributed by atoms with Crippen molar-refractivity contribution in [2.75, 3.05) is 26.8 Å². The van der Waals surface area contributed by atoms with Crippen molar-refractivity contribution in [1.29, 1.82) is 0 Å². The molecule has 28 heteroatoms. The van der Waals surface area contributed by atoms with Crippen molar-refractivity contribution < 1.29 is 72.5 Å². The Morgan fingerprint density at radius 3 is 1.54 bits per heavy atom. The first kappa shape index (κ1) is 73.8. The molecule has 1 saturated heterocycles. The number of nitrogens with two attached hydrogens (primary N) is 2. The van der Waals surface area contributed by atoms with Crippen molar-refractivity contribution in [1.82, 2.24) is 58.5 Å². The van der Waals surface area contributed by atoms with Gasteiger partial charge in [-0.2, -0.15) is 0 Å². The number of ether oxygens (including phenoxy) is 1. The first-order chi connectivity index (χ1) is 40.2. The van der Waals surface area contributed by atoms with Crippen molar-refractivity contribution in [3.63, 3.8) is 0 Å². The summed E-state index contributed by atoms with van der Waals surface area (Å²) in [6, 6.07) is -6.13. The van der Waals surface area contributed by atoms with Gasteiger partial charge in [-0.15, -0.1) is 0 Å². The van der Waals surface area contributed by atoms with Crippen LogP contribution in [0.5, 0.6) is 0 Å². The molecule has 0 aromatic heterocycles. The van der Waals surface area contributed by atoms with Crippen LogP contribution >= 0.6 is 0 Å². The first-order valence-corrected chi connectivity index (χ1v) is 29.3. The summed E-state index contributed by atoms with van der Waals surface area (Å²) in [5.74, 6) is -13.0. The van der Waals surface area contributed by atoms with Gasteiger partial charge in [0.25, 0.3) is 0 Å². The highest BCUT2D eigenvalue weighted by Gasteiger charge is 2.41. The number of cyclic esters (lactones) is 1. The van der Waals surface area contributed by atoms with Crippen LogP contribution in [0.15, 0.2) is 30.3 Å². The van der Waals surface area contributed by atoms with Gasteiger partial charge in [-0.25, -0.2) is 4.79 Å². The van der Waals surface area contributed by atoms with Crippen molar-refractivity contribution in [3.05, 3.63) is 35.9 Å². The molecule has 1 aromatic carbocycles. The molecule has 85 heavy (non-hydrogen) atoms. The topological polar surface area (TPSA) is 439 Å². The van der Waals surface area contributed by atoms with Crippen LogP contribution in [0.4, 0.5) is 0 Å². The second-order valence-electron chi connectivity index (χ2n) is 21.9. The van der Waals surface area contributed by atoms with E-state index in [-0.39, 0.29) is 25.8 Å². The third-order valence-corrected chi connectivity index (χ3v) is 15.5. The van der Waals surface area contributed by atoms with Crippen LogP contribution in [0.1, 0.15) is 126 Å². The third kappa shape index (κ3) is 23.2. The lowest BCUT2D eigenvalue weighted by molar-refractivity contribution is -0.157. The van der Waals surface area contributed by atoms with E-state index >= 15 is 0 Å². The summed E-state index contributed by atoms with van der Waals surface area (Å²) in [5, 5.41) is 49.2. The van der Waals surface area contributed by atoms with Crippen molar-refractivity contribution in [3.8, 4) is 0 Å². The second kappa shape index (κ2) is 37.2. The average molecular weight is 1200 g/mol. The number of amides is 11. The molecule has 2 rings (SSSR count). The van der Waals surface area contributed by atoms with Crippen LogP contribution in [0, 0.1) is 23.7 Å². The van der Waals surface area contributed by atoms with Crippen LogP contribution < -0.4 is 70.0 Å². The Hall–Kier alpha value is -7.30. The maximum absolute atomic E-state index is 14.4. The van der Waals surface area contributed by atoms with Gasteiger partial charge in [0.1, 0.15) is 66.5 Å². The van der Waals surface area contributed by atoms with Gasteiger partial charge >= 0.3 is 5.97 Å². The minimum atomic E-state index is -1.81. The third-order valence-electron chi connectivity index (χ3n) is 15.5. The van der Waals surface area contributed by atoms with Gasteiger partial charge in [0.05, 0.1) is 19.3 Å².